The van der Waals surface area contributed by atoms with Gasteiger partial charge in [0, 0.05) is 6.04 Å². The van der Waals surface area contributed by atoms with E-state index in [-0.39, 0.29) is 11.9 Å². The molecule has 1 N–H and O–H groups in total. The number of nitrogens with one attached hydrogen (secondary N) is 1. The second kappa shape index (κ2) is 10.00. The van der Waals surface area contributed by atoms with E-state index >= 15 is 0 Å². The van der Waals surface area contributed by atoms with Crippen LogP contribution in [0.2, 0.25) is 0 Å². The van der Waals surface area contributed by atoms with Gasteiger partial charge in [-0.1, -0.05) is 43.5 Å². The first-order valence-corrected chi connectivity index (χ1v) is 9.42. The highest BCUT2D eigenvalue weighted by molar-refractivity contribution is 5.78. The Morgan fingerprint density at radius 3 is 2.58 bits per heavy atom. The molecule has 0 aliphatic heterocycles. The number of amides is 1. The van der Waals surface area contributed by atoms with Gasteiger partial charge in [0.2, 0.25) is 5.91 Å². The highest BCUT2D eigenvalue weighted by Crippen LogP contribution is 2.18. The molecule has 1 aromatic carbocycles. The molecule has 1 aromatic heterocycles. The molecule has 0 radical (unpaired) electrons. The fourth-order valence-corrected chi connectivity index (χ4v) is 2.85. The largest absolute Gasteiger partial charge is 0.489 e. The second-order valence-electron chi connectivity index (χ2n) is 6.88. The Morgan fingerprint density at radius 1 is 1.23 bits per heavy atom. The smallest absolute Gasteiger partial charge is 0.224 e. The van der Waals surface area contributed by atoms with Crippen LogP contribution in [0.5, 0.6) is 5.75 Å². The minimum absolute atomic E-state index is 0.0680. The number of carbonyl (C=O) groups is 1. The van der Waals surface area contributed by atoms with Crippen LogP contribution < -0.4 is 10.1 Å². The zero-order valence-corrected chi connectivity index (χ0v) is 16.3. The van der Waals surface area contributed by atoms with Gasteiger partial charge in [-0.3, -0.25) is 4.79 Å². The highest BCUT2D eigenvalue weighted by atomic mass is 16.5. The van der Waals surface area contributed by atoms with Crippen LogP contribution in [0, 0.1) is 13.8 Å². The number of hydrogen-bond donors (Lipinski definition) is 1. The lowest BCUT2D eigenvalue weighted by Gasteiger charge is -2.13. The molecule has 0 saturated carbocycles. The average Bonchev–Trinajstić information content (AvgIpc) is 2.92. The van der Waals surface area contributed by atoms with Crippen LogP contribution in [0.4, 0.5) is 0 Å². The van der Waals surface area contributed by atoms with Crippen LogP contribution >= 0.6 is 0 Å². The maximum absolute atomic E-state index is 12.1. The summed E-state index contributed by atoms with van der Waals surface area (Å²) in [6, 6.07) is 7.89. The quantitative estimate of drug-likeness (QED) is 0.635. The zero-order chi connectivity index (χ0) is 18.9. The second-order valence-corrected chi connectivity index (χ2v) is 6.88. The molecule has 26 heavy (non-hydrogen) atoms. The standard InChI is InChI=1S/C21H30N2O3/c1-5-6-7-8-15(2)22-21(24)13-18-9-11-19(12-10-18)25-14-20-16(3)23-26-17(20)4/h9-12,15H,5-8,13-14H2,1-4H3,(H,22,24)/t15-/m1/s1. The lowest BCUT2D eigenvalue weighted by molar-refractivity contribution is -0.121. The Bertz CT molecular complexity index is 672. The Hall–Kier alpha value is -2.30. The van der Waals surface area contributed by atoms with Crippen molar-refractivity contribution in [2.75, 3.05) is 0 Å². The molecule has 0 spiro atoms. The highest BCUT2D eigenvalue weighted by Gasteiger charge is 2.10. The third-order valence-electron chi connectivity index (χ3n) is 4.50. The molecular formula is C21H30N2O3. The summed E-state index contributed by atoms with van der Waals surface area (Å²) in [5.74, 6) is 1.62. The van der Waals surface area contributed by atoms with Gasteiger partial charge in [0.25, 0.3) is 0 Å². The van der Waals surface area contributed by atoms with Crippen LogP contribution in [0.1, 0.15) is 62.1 Å². The van der Waals surface area contributed by atoms with Crippen molar-refractivity contribution in [3.05, 3.63) is 46.8 Å². The normalized spacial score (nSPS) is 12.0. The number of aromatic nitrogens is 1. The van der Waals surface area contributed by atoms with Gasteiger partial charge in [-0.2, -0.15) is 0 Å². The molecular weight excluding hydrogens is 328 g/mol. The third-order valence-corrected chi connectivity index (χ3v) is 4.50. The predicted molar refractivity (Wildman–Crippen MR) is 102 cm³/mol. The van der Waals surface area contributed by atoms with Crippen molar-refractivity contribution in [2.45, 2.75) is 72.4 Å². The Balaban J connectivity index is 1.78. The molecule has 5 heteroatoms. The van der Waals surface area contributed by atoms with Crippen molar-refractivity contribution in [1.82, 2.24) is 10.5 Å². The molecule has 0 saturated heterocycles. The molecule has 0 fully saturated rings. The summed E-state index contributed by atoms with van der Waals surface area (Å²) in [6.45, 7) is 8.46. The molecule has 1 heterocycles. The average molecular weight is 358 g/mol. The van der Waals surface area contributed by atoms with Crippen molar-refractivity contribution < 1.29 is 14.1 Å². The molecule has 0 aliphatic carbocycles. The lowest BCUT2D eigenvalue weighted by atomic mass is 10.1. The number of benzene rings is 1. The topological polar surface area (TPSA) is 64.4 Å². The van der Waals surface area contributed by atoms with E-state index in [2.05, 4.69) is 24.3 Å². The maximum Gasteiger partial charge on any atom is 0.224 e. The van der Waals surface area contributed by atoms with E-state index in [0.717, 1.165) is 41.2 Å². The van der Waals surface area contributed by atoms with E-state index in [1.165, 1.54) is 12.8 Å². The summed E-state index contributed by atoms with van der Waals surface area (Å²) in [7, 11) is 0. The fraction of sp³-hybridized carbons (Fsp3) is 0.524. The minimum Gasteiger partial charge on any atom is -0.489 e. The van der Waals surface area contributed by atoms with E-state index in [1.807, 2.05) is 38.1 Å². The first kappa shape index (κ1) is 20.0. The van der Waals surface area contributed by atoms with Crippen molar-refractivity contribution in [2.24, 2.45) is 0 Å². The van der Waals surface area contributed by atoms with Gasteiger partial charge in [0.15, 0.2) is 0 Å². The Labute approximate surface area is 156 Å². The summed E-state index contributed by atoms with van der Waals surface area (Å²) < 4.78 is 10.9. The number of hydrogen-bond acceptors (Lipinski definition) is 4. The van der Waals surface area contributed by atoms with E-state index in [4.69, 9.17) is 9.26 Å². The molecule has 0 bridgehead atoms. The molecule has 2 aromatic rings. The summed E-state index contributed by atoms with van der Waals surface area (Å²) >= 11 is 0. The van der Waals surface area contributed by atoms with Gasteiger partial charge < -0.3 is 14.6 Å². The molecule has 0 unspecified atom stereocenters. The van der Waals surface area contributed by atoms with E-state index in [0.29, 0.717) is 13.0 Å². The number of rotatable bonds is 10. The molecule has 2 rings (SSSR count). The van der Waals surface area contributed by atoms with Gasteiger partial charge in [-0.05, 0) is 44.9 Å². The van der Waals surface area contributed by atoms with Crippen molar-refractivity contribution in [3.8, 4) is 5.75 Å². The van der Waals surface area contributed by atoms with Crippen LogP contribution in [-0.4, -0.2) is 17.1 Å². The van der Waals surface area contributed by atoms with Gasteiger partial charge in [0.1, 0.15) is 18.1 Å². The van der Waals surface area contributed by atoms with Gasteiger partial charge in [-0.25, -0.2) is 0 Å². The van der Waals surface area contributed by atoms with Crippen molar-refractivity contribution in [3.63, 3.8) is 0 Å². The first-order valence-electron chi connectivity index (χ1n) is 9.42. The van der Waals surface area contributed by atoms with Crippen molar-refractivity contribution in [1.29, 1.82) is 0 Å². The molecule has 0 aliphatic rings. The van der Waals surface area contributed by atoms with E-state index < -0.39 is 0 Å². The number of carbonyl (C=O) groups excluding carboxylic acids is 1. The summed E-state index contributed by atoms with van der Waals surface area (Å²) in [5.41, 5.74) is 2.81. The third kappa shape index (κ3) is 6.21. The Kier molecular flexibility index (Phi) is 7.70. The fourth-order valence-electron chi connectivity index (χ4n) is 2.85. The van der Waals surface area contributed by atoms with Crippen LogP contribution in [0.15, 0.2) is 28.8 Å². The van der Waals surface area contributed by atoms with Gasteiger partial charge >= 0.3 is 0 Å². The van der Waals surface area contributed by atoms with Crippen LogP contribution in [0.3, 0.4) is 0 Å². The minimum atomic E-state index is 0.0680. The number of ether oxygens (including phenoxy) is 1. The van der Waals surface area contributed by atoms with Gasteiger partial charge in [0.05, 0.1) is 17.7 Å². The SMILES string of the molecule is CCCCC[C@@H](C)NC(=O)Cc1ccc(OCc2c(C)noc2C)cc1. The molecule has 1 atom stereocenters. The monoisotopic (exact) mass is 358 g/mol. The summed E-state index contributed by atoms with van der Waals surface area (Å²) in [5, 5.41) is 6.99. The maximum atomic E-state index is 12.1. The lowest BCUT2D eigenvalue weighted by Crippen LogP contribution is -2.33. The first-order chi connectivity index (χ1) is 12.5. The number of nitrogens with zero attached hydrogens (tertiary/aromatic N) is 1. The number of aryl methyl sites for hydroxylation is 2. The van der Waals surface area contributed by atoms with Crippen LogP contribution in [-0.2, 0) is 17.8 Å². The summed E-state index contributed by atoms with van der Waals surface area (Å²) in [6.07, 6.45) is 5.01. The molecule has 5 nitrogen and oxygen atoms in total. The van der Waals surface area contributed by atoms with E-state index in [1.54, 1.807) is 0 Å². The zero-order valence-electron chi connectivity index (χ0n) is 16.3. The Morgan fingerprint density at radius 2 is 1.96 bits per heavy atom. The van der Waals surface area contributed by atoms with Gasteiger partial charge in [-0.15, -0.1) is 0 Å². The predicted octanol–water partition coefficient (Wildman–Crippen LogP) is 4.50. The van der Waals surface area contributed by atoms with E-state index in [9.17, 15) is 4.79 Å². The number of unbranched alkanes of at least 4 members (excludes halogenated alkanes) is 2. The molecule has 1 amide bonds. The molecule has 142 valence electrons. The van der Waals surface area contributed by atoms with Crippen LogP contribution in [0.25, 0.3) is 0 Å². The summed E-state index contributed by atoms with van der Waals surface area (Å²) in [4.78, 5) is 12.1. The van der Waals surface area contributed by atoms with Crippen molar-refractivity contribution >= 4 is 5.91 Å².